The Morgan fingerprint density at radius 2 is 1.95 bits per heavy atom. The van der Waals surface area contributed by atoms with Crippen molar-refractivity contribution < 1.29 is 37.5 Å². The van der Waals surface area contributed by atoms with Crippen LogP contribution in [0.1, 0.15) is 23.7 Å². The fraction of sp³-hybridized carbons (Fsp3) is 0.462. The first-order chi connectivity index (χ1) is 10.2. The standard InChI is InChI=1S/C13H16BF3O5/c1-8(5-13(15,16)17)7-22-12-4-10(14(19)20)9(6-18)3-11(12)21-2/h3-4,6,8,19-20H,5,7H2,1-2H3. The van der Waals surface area contributed by atoms with Crippen LogP contribution < -0.4 is 14.9 Å². The van der Waals surface area contributed by atoms with Crippen LogP contribution in [0.15, 0.2) is 12.1 Å². The van der Waals surface area contributed by atoms with E-state index in [0.717, 1.165) is 6.07 Å². The van der Waals surface area contributed by atoms with Gasteiger partial charge in [-0.25, -0.2) is 0 Å². The molecule has 0 bridgehead atoms. The second-order valence-electron chi connectivity index (χ2n) is 4.86. The molecule has 2 N–H and O–H groups in total. The van der Waals surface area contributed by atoms with E-state index in [9.17, 15) is 28.0 Å². The summed E-state index contributed by atoms with van der Waals surface area (Å²) >= 11 is 0. The average Bonchev–Trinajstić information content (AvgIpc) is 2.42. The van der Waals surface area contributed by atoms with Crippen LogP contribution in [0.4, 0.5) is 13.2 Å². The Kier molecular flexibility index (Phi) is 6.25. The highest BCUT2D eigenvalue weighted by atomic mass is 19.4. The molecule has 1 atom stereocenters. The summed E-state index contributed by atoms with van der Waals surface area (Å²) in [6.07, 6.45) is -4.88. The van der Waals surface area contributed by atoms with Crippen LogP contribution >= 0.6 is 0 Å². The Balaban J connectivity index is 2.93. The SMILES string of the molecule is COc1cc(C=O)c(B(O)O)cc1OCC(C)CC(F)(F)F. The second-order valence-corrected chi connectivity index (χ2v) is 4.86. The maximum Gasteiger partial charge on any atom is 0.489 e. The van der Waals surface area contributed by atoms with Crippen LogP contribution in [0.3, 0.4) is 0 Å². The summed E-state index contributed by atoms with van der Waals surface area (Å²) in [7, 11) is -0.619. The van der Waals surface area contributed by atoms with Gasteiger partial charge in [0.25, 0.3) is 0 Å². The molecule has 0 radical (unpaired) electrons. The van der Waals surface area contributed by atoms with Crippen LogP contribution in [-0.4, -0.2) is 43.3 Å². The van der Waals surface area contributed by atoms with Crippen LogP contribution in [-0.2, 0) is 0 Å². The molecule has 1 aromatic carbocycles. The summed E-state index contributed by atoms with van der Waals surface area (Å²) in [5.41, 5.74) is -0.128. The van der Waals surface area contributed by atoms with Gasteiger partial charge in [0.05, 0.1) is 13.7 Å². The van der Waals surface area contributed by atoms with Gasteiger partial charge in [-0.15, -0.1) is 0 Å². The molecule has 1 aromatic rings. The molecule has 1 unspecified atom stereocenters. The van der Waals surface area contributed by atoms with E-state index in [4.69, 9.17) is 9.47 Å². The van der Waals surface area contributed by atoms with Gasteiger partial charge in [-0.05, 0) is 23.5 Å². The number of carbonyl (C=O) groups is 1. The van der Waals surface area contributed by atoms with Gasteiger partial charge >= 0.3 is 13.3 Å². The van der Waals surface area contributed by atoms with Gasteiger partial charge in [-0.3, -0.25) is 4.79 Å². The molecule has 0 saturated carbocycles. The average molecular weight is 320 g/mol. The summed E-state index contributed by atoms with van der Waals surface area (Å²) in [4.78, 5) is 10.9. The quantitative estimate of drug-likeness (QED) is 0.582. The lowest BCUT2D eigenvalue weighted by atomic mass is 9.77. The predicted octanol–water partition coefficient (Wildman–Crippen LogP) is 1.15. The number of ether oxygens (including phenoxy) is 2. The number of hydrogen-bond acceptors (Lipinski definition) is 5. The molecule has 0 aliphatic heterocycles. The number of alkyl halides is 3. The zero-order valence-electron chi connectivity index (χ0n) is 12.1. The molecule has 0 aliphatic rings. The first-order valence-electron chi connectivity index (χ1n) is 6.40. The summed E-state index contributed by atoms with van der Waals surface area (Å²) in [6, 6.07) is 2.39. The van der Waals surface area contributed by atoms with Gasteiger partial charge < -0.3 is 19.5 Å². The minimum atomic E-state index is -4.29. The first kappa shape index (κ1) is 18.3. The summed E-state index contributed by atoms with van der Waals surface area (Å²) in [5.74, 6) is -0.645. The lowest BCUT2D eigenvalue weighted by molar-refractivity contribution is -0.145. The molecule has 0 saturated heterocycles. The smallest absolute Gasteiger partial charge is 0.489 e. The minimum Gasteiger partial charge on any atom is -0.493 e. The van der Waals surface area contributed by atoms with Crippen molar-refractivity contribution in [3.8, 4) is 11.5 Å². The Labute approximate surface area is 125 Å². The van der Waals surface area contributed by atoms with E-state index in [1.165, 1.54) is 20.1 Å². The van der Waals surface area contributed by atoms with Crippen molar-refractivity contribution in [1.29, 1.82) is 0 Å². The molecule has 0 heterocycles. The van der Waals surface area contributed by atoms with Crippen LogP contribution in [0.5, 0.6) is 11.5 Å². The number of rotatable bonds is 7. The number of hydrogen-bond donors (Lipinski definition) is 2. The fourth-order valence-corrected chi connectivity index (χ4v) is 1.88. The molecule has 0 spiro atoms. The van der Waals surface area contributed by atoms with Crippen molar-refractivity contribution in [2.75, 3.05) is 13.7 Å². The Morgan fingerprint density at radius 1 is 1.32 bits per heavy atom. The Morgan fingerprint density at radius 3 is 2.41 bits per heavy atom. The number of carbonyl (C=O) groups excluding carboxylic acids is 1. The van der Waals surface area contributed by atoms with Gasteiger partial charge in [-0.1, -0.05) is 6.92 Å². The molecule has 122 valence electrons. The lowest BCUT2D eigenvalue weighted by Crippen LogP contribution is -2.33. The highest BCUT2D eigenvalue weighted by Gasteiger charge is 2.30. The monoisotopic (exact) mass is 320 g/mol. The predicted molar refractivity (Wildman–Crippen MR) is 73.5 cm³/mol. The highest BCUT2D eigenvalue weighted by Crippen LogP contribution is 2.29. The second kappa shape index (κ2) is 7.50. The van der Waals surface area contributed by atoms with Crippen LogP contribution in [0.2, 0.25) is 0 Å². The molecular weight excluding hydrogens is 304 g/mol. The third kappa shape index (κ3) is 5.23. The summed E-state index contributed by atoms with van der Waals surface area (Å²) < 4.78 is 47.0. The van der Waals surface area contributed by atoms with Crippen molar-refractivity contribution in [2.45, 2.75) is 19.5 Å². The summed E-state index contributed by atoms with van der Waals surface area (Å²) in [6.45, 7) is 1.14. The van der Waals surface area contributed by atoms with Gasteiger partial charge in [0.1, 0.15) is 6.29 Å². The van der Waals surface area contributed by atoms with Crippen molar-refractivity contribution in [3.05, 3.63) is 17.7 Å². The van der Waals surface area contributed by atoms with Gasteiger partial charge in [0, 0.05) is 12.0 Å². The van der Waals surface area contributed by atoms with Crippen LogP contribution in [0, 0.1) is 5.92 Å². The van der Waals surface area contributed by atoms with Crippen molar-refractivity contribution >= 4 is 18.9 Å². The number of benzene rings is 1. The highest BCUT2D eigenvalue weighted by molar-refractivity contribution is 6.60. The molecule has 0 aliphatic carbocycles. The molecule has 9 heteroatoms. The third-order valence-corrected chi connectivity index (χ3v) is 2.88. The van der Waals surface area contributed by atoms with Gasteiger partial charge in [0.2, 0.25) is 0 Å². The van der Waals surface area contributed by atoms with E-state index in [0.29, 0.717) is 6.29 Å². The molecule has 0 fully saturated rings. The Bertz CT molecular complexity index is 519. The molecule has 0 amide bonds. The van der Waals surface area contributed by atoms with Crippen LogP contribution in [0.25, 0.3) is 0 Å². The maximum atomic E-state index is 12.3. The molecule has 22 heavy (non-hydrogen) atoms. The third-order valence-electron chi connectivity index (χ3n) is 2.88. The first-order valence-corrected chi connectivity index (χ1v) is 6.40. The molecule has 1 rings (SSSR count). The molecule has 0 aromatic heterocycles. The van der Waals surface area contributed by atoms with Crippen molar-refractivity contribution in [3.63, 3.8) is 0 Å². The fourth-order valence-electron chi connectivity index (χ4n) is 1.88. The van der Waals surface area contributed by atoms with E-state index < -0.39 is 25.6 Å². The minimum absolute atomic E-state index is 0.0115. The number of halogens is 3. The Hall–Kier alpha value is -1.74. The topological polar surface area (TPSA) is 76.0 Å². The number of aldehydes is 1. The van der Waals surface area contributed by atoms with E-state index in [2.05, 4.69) is 0 Å². The summed E-state index contributed by atoms with van der Waals surface area (Å²) in [5, 5.41) is 18.4. The molecule has 5 nitrogen and oxygen atoms in total. The maximum absolute atomic E-state index is 12.3. The number of methoxy groups -OCH3 is 1. The lowest BCUT2D eigenvalue weighted by Gasteiger charge is -2.17. The normalized spacial score (nSPS) is 12.7. The van der Waals surface area contributed by atoms with Crippen molar-refractivity contribution in [1.82, 2.24) is 0 Å². The van der Waals surface area contributed by atoms with E-state index >= 15 is 0 Å². The van der Waals surface area contributed by atoms with E-state index in [-0.39, 0.29) is 29.1 Å². The molecular formula is C13H16BF3O5. The largest absolute Gasteiger partial charge is 0.493 e. The zero-order chi connectivity index (χ0) is 16.9. The van der Waals surface area contributed by atoms with E-state index in [1.54, 1.807) is 0 Å². The van der Waals surface area contributed by atoms with E-state index in [1.807, 2.05) is 0 Å². The van der Waals surface area contributed by atoms with Crippen molar-refractivity contribution in [2.24, 2.45) is 5.92 Å². The van der Waals surface area contributed by atoms with Gasteiger partial charge in [-0.2, -0.15) is 13.2 Å². The van der Waals surface area contributed by atoms with Gasteiger partial charge in [0.15, 0.2) is 11.5 Å². The zero-order valence-corrected chi connectivity index (χ0v) is 12.1.